The first-order valence-electron chi connectivity index (χ1n) is 10.9. The van der Waals surface area contributed by atoms with Crippen molar-refractivity contribution in [2.24, 2.45) is 5.73 Å². The number of anilines is 2. The first-order valence-corrected chi connectivity index (χ1v) is 10.9. The third kappa shape index (κ3) is 10.6. The second-order valence-corrected chi connectivity index (χ2v) is 7.94. The smallest absolute Gasteiger partial charge is 0.418 e. The van der Waals surface area contributed by atoms with Gasteiger partial charge in [-0.1, -0.05) is 6.07 Å². The van der Waals surface area contributed by atoms with E-state index in [1.54, 1.807) is 12.1 Å². The predicted octanol–water partition coefficient (Wildman–Crippen LogP) is 2.71. The Labute approximate surface area is 211 Å². The molecule has 0 heterocycles. The second-order valence-electron chi connectivity index (χ2n) is 7.94. The van der Waals surface area contributed by atoms with Gasteiger partial charge in [0.05, 0.1) is 18.2 Å². The zero-order valence-corrected chi connectivity index (χ0v) is 20.5. The summed E-state index contributed by atoms with van der Waals surface area (Å²) in [6.45, 7) is 2.33. The van der Waals surface area contributed by atoms with Crippen LogP contribution in [0.2, 0.25) is 0 Å². The van der Waals surface area contributed by atoms with Crippen molar-refractivity contribution in [3.05, 3.63) is 59.2 Å². The van der Waals surface area contributed by atoms with Crippen molar-refractivity contribution < 1.29 is 37.8 Å². The molecule has 2 amide bonds. The van der Waals surface area contributed by atoms with Gasteiger partial charge < -0.3 is 31.5 Å². The van der Waals surface area contributed by atoms with Gasteiger partial charge in [-0.25, -0.2) is 0 Å². The largest absolute Gasteiger partial charge is 0.481 e. The number of hydrogen-bond donors (Lipinski definition) is 6. The number of amidine groups is 1. The number of aliphatic hydroxyl groups excluding tert-OH is 1. The number of carboxylic acid groups (broad SMARTS) is 1. The molecule has 0 fully saturated rings. The maximum Gasteiger partial charge on any atom is 0.418 e. The summed E-state index contributed by atoms with van der Waals surface area (Å²) in [5.41, 5.74) is 5.49. The van der Waals surface area contributed by atoms with Crippen molar-refractivity contribution in [3.63, 3.8) is 0 Å². The number of carbonyl (C=O) groups is 3. The first-order chi connectivity index (χ1) is 17.1. The number of aliphatic hydroxyl groups is 1. The molecule has 0 aliphatic carbocycles. The van der Waals surface area contributed by atoms with E-state index in [1.165, 1.54) is 43.1 Å². The van der Waals surface area contributed by atoms with Gasteiger partial charge in [-0.15, -0.1) is 0 Å². The molecule has 0 saturated heterocycles. The van der Waals surface area contributed by atoms with Crippen LogP contribution in [0.5, 0.6) is 0 Å². The highest BCUT2D eigenvalue weighted by molar-refractivity contribution is 6.04. The third-order valence-electron chi connectivity index (χ3n) is 4.85. The molecular weight excluding hydrogens is 495 g/mol. The Morgan fingerprint density at radius 2 is 1.68 bits per heavy atom. The maximum atomic E-state index is 13.6. The third-order valence-corrected chi connectivity index (χ3v) is 4.85. The summed E-state index contributed by atoms with van der Waals surface area (Å²) in [5.74, 6) is -2.22. The summed E-state index contributed by atoms with van der Waals surface area (Å²) in [7, 11) is 1.44. The number of hydrogen-bond acceptors (Lipinski definition) is 6. The Balaban J connectivity index is 0.00000159. The van der Waals surface area contributed by atoms with Crippen LogP contribution in [-0.4, -0.2) is 54.0 Å². The molecule has 13 heteroatoms. The number of nitrogen functional groups attached to an aromatic ring is 1. The molecule has 0 radical (unpaired) electrons. The molecule has 1 atom stereocenters. The summed E-state index contributed by atoms with van der Waals surface area (Å²) in [5, 5.41) is 28.8. The zero-order chi connectivity index (χ0) is 28.3. The van der Waals surface area contributed by atoms with Crippen LogP contribution in [0.1, 0.15) is 43.0 Å². The van der Waals surface area contributed by atoms with Crippen LogP contribution in [0.25, 0.3) is 0 Å². The van der Waals surface area contributed by atoms with Gasteiger partial charge in [0.15, 0.2) is 0 Å². The number of rotatable bonds is 9. The lowest BCUT2D eigenvalue weighted by Gasteiger charge is -2.24. The molecule has 37 heavy (non-hydrogen) atoms. The number of nitrogens with zero attached hydrogens (tertiary/aromatic N) is 1. The van der Waals surface area contributed by atoms with Crippen LogP contribution in [0, 0.1) is 5.41 Å². The Morgan fingerprint density at radius 1 is 1.11 bits per heavy atom. The molecule has 0 aromatic heterocycles. The van der Waals surface area contributed by atoms with Crippen molar-refractivity contribution >= 4 is 35.0 Å². The molecule has 0 spiro atoms. The normalized spacial score (nSPS) is 11.4. The summed E-state index contributed by atoms with van der Waals surface area (Å²) in [6, 6.07) is 9.06. The van der Waals surface area contributed by atoms with Gasteiger partial charge in [0, 0.05) is 37.5 Å². The lowest BCUT2D eigenvalue weighted by molar-refractivity contribution is -0.137. The summed E-state index contributed by atoms with van der Waals surface area (Å²) in [4.78, 5) is 34.6. The van der Waals surface area contributed by atoms with Crippen molar-refractivity contribution in [2.75, 3.05) is 30.4 Å². The van der Waals surface area contributed by atoms with Crippen molar-refractivity contribution in [1.82, 2.24) is 5.32 Å². The molecule has 0 aliphatic heterocycles. The topological polar surface area (TPSA) is 169 Å². The lowest BCUT2D eigenvalue weighted by atomic mass is 10.0. The lowest BCUT2D eigenvalue weighted by Crippen LogP contribution is -2.30. The molecule has 2 aromatic rings. The number of carboxylic acids is 1. The average molecular weight is 526 g/mol. The van der Waals surface area contributed by atoms with Crippen LogP contribution >= 0.6 is 0 Å². The highest BCUT2D eigenvalue weighted by Gasteiger charge is 2.35. The van der Waals surface area contributed by atoms with E-state index in [1.807, 2.05) is 0 Å². The standard InChI is InChI=1S/C22H26F3N5O3.C2H4O2/c1-13(15-5-8-18(30(2)9-10-31)17(11-15)22(23,24)25)28-19(32)12-20(33)29-16-6-3-14(4-7-16)21(26)27;1-2(3)4/h3-8,11,13,31H,9-10,12H2,1-2H3,(H3,26,27)(H,28,32)(H,29,33);1H3,(H,3,4)/t13-;/m0./s1. The molecule has 7 N–H and O–H groups in total. The Morgan fingerprint density at radius 3 is 2.16 bits per heavy atom. The summed E-state index contributed by atoms with van der Waals surface area (Å²) < 4.78 is 40.7. The van der Waals surface area contributed by atoms with Crippen molar-refractivity contribution in [3.8, 4) is 0 Å². The number of amides is 2. The van der Waals surface area contributed by atoms with E-state index in [4.69, 9.17) is 26.2 Å². The van der Waals surface area contributed by atoms with Gasteiger partial charge in [0.1, 0.15) is 12.3 Å². The van der Waals surface area contributed by atoms with Gasteiger partial charge in [0.2, 0.25) is 11.8 Å². The summed E-state index contributed by atoms with van der Waals surface area (Å²) >= 11 is 0. The van der Waals surface area contributed by atoms with Gasteiger partial charge in [-0.2, -0.15) is 13.2 Å². The van der Waals surface area contributed by atoms with Crippen LogP contribution in [0.4, 0.5) is 24.5 Å². The average Bonchev–Trinajstić information content (AvgIpc) is 2.78. The zero-order valence-electron chi connectivity index (χ0n) is 20.5. The number of nitrogens with one attached hydrogen (secondary N) is 3. The number of nitrogens with two attached hydrogens (primary N) is 1. The number of alkyl halides is 3. The van der Waals surface area contributed by atoms with E-state index >= 15 is 0 Å². The Bertz CT molecular complexity index is 1100. The molecule has 202 valence electrons. The Kier molecular flexibility index (Phi) is 11.5. The highest BCUT2D eigenvalue weighted by atomic mass is 19.4. The molecular formula is C24H30F3N5O5. The van der Waals surface area contributed by atoms with Gasteiger partial charge in [-0.3, -0.25) is 19.8 Å². The predicted molar refractivity (Wildman–Crippen MR) is 132 cm³/mol. The minimum atomic E-state index is -4.63. The van der Waals surface area contributed by atoms with Gasteiger partial charge in [0.25, 0.3) is 5.97 Å². The Hall–Kier alpha value is -4.13. The van der Waals surface area contributed by atoms with Crippen LogP contribution in [-0.2, 0) is 20.6 Å². The number of carbonyl (C=O) groups excluding carboxylic acids is 2. The van der Waals surface area contributed by atoms with E-state index < -0.39 is 42.0 Å². The second kappa shape index (κ2) is 13.8. The van der Waals surface area contributed by atoms with E-state index in [2.05, 4.69) is 10.6 Å². The molecule has 2 aromatic carbocycles. The number of aliphatic carboxylic acids is 1. The van der Waals surface area contributed by atoms with Crippen LogP contribution in [0.3, 0.4) is 0 Å². The molecule has 0 saturated carbocycles. The van der Waals surface area contributed by atoms with Crippen LogP contribution < -0.4 is 21.3 Å². The molecule has 10 nitrogen and oxygen atoms in total. The quantitative estimate of drug-likeness (QED) is 0.166. The fourth-order valence-electron chi connectivity index (χ4n) is 3.11. The highest BCUT2D eigenvalue weighted by Crippen LogP contribution is 2.37. The van der Waals surface area contributed by atoms with Gasteiger partial charge >= 0.3 is 6.18 Å². The summed E-state index contributed by atoms with van der Waals surface area (Å²) in [6.07, 6.45) is -5.15. The monoisotopic (exact) mass is 525 g/mol. The molecule has 0 aliphatic rings. The first kappa shape index (κ1) is 30.9. The van der Waals surface area contributed by atoms with E-state index in [0.717, 1.165) is 13.0 Å². The fourth-order valence-corrected chi connectivity index (χ4v) is 3.11. The van der Waals surface area contributed by atoms with E-state index in [9.17, 15) is 22.8 Å². The molecule has 2 rings (SSSR count). The fraction of sp³-hybridized carbons (Fsp3) is 0.333. The minimum Gasteiger partial charge on any atom is -0.481 e. The van der Waals surface area contributed by atoms with E-state index in [0.29, 0.717) is 11.3 Å². The minimum absolute atomic E-state index is 0.0291. The van der Waals surface area contributed by atoms with Crippen molar-refractivity contribution in [1.29, 1.82) is 5.41 Å². The molecule has 0 unspecified atom stereocenters. The van der Waals surface area contributed by atoms with Crippen molar-refractivity contribution in [2.45, 2.75) is 32.5 Å². The molecule has 0 bridgehead atoms. The van der Waals surface area contributed by atoms with Gasteiger partial charge in [-0.05, 0) is 48.9 Å². The maximum absolute atomic E-state index is 13.6. The number of likely N-dealkylation sites (N-methyl/N-ethyl adjacent to an activating group) is 1. The van der Waals surface area contributed by atoms with Crippen LogP contribution in [0.15, 0.2) is 42.5 Å². The number of halogens is 3. The van der Waals surface area contributed by atoms with E-state index in [-0.39, 0.29) is 30.2 Å². The SMILES string of the molecule is CC(=O)O.C[C@H](NC(=O)CC(=O)Nc1ccc(C(=N)N)cc1)c1ccc(N(C)CCO)c(C(F)(F)F)c1. The number of benzene rings is 2.